The topological polar surface area (TPSA) is 104 Å². The summed E-state index contributed by atoms with van der Waals surface area (Å²) in [6.45, 7) is 0. The Labute approximate surface area is 161 Å². The lowest BCUT2D eigenvalue weighted by Gasteiger charge is -2.10. The van der Waals surface area contributed by atoms with Gasteiger partial charge in [0.25, 0.3) is 5.56 Å². The summed E-state index contributed by atoms with van der Waals surface area (Å²) < 4.78 is 10.5. The van der Waals surface area contributed by atoms with E-state index in [0.717, 1.165) is 5.39 Å². The van der Waals surface area contributed by atoms with Crippen LogP contribution in [0.25, 0.3) is 10.9 Å². The van der Waals surface area contributed by atoms with Crippen LogP contribution in [0.4, 0.5) is 5.69 Å². The van der Waals surface area contributed by atoms with Crippen LogP contribution in [-0.2, 0) is 11.2 Å². The Morgan fingerprint density at radius 3 is 2.61 bits per heavy atom. The number of nitriles is 1. The molecule has 0 atom stereocenters. The zero-order valence-corrected chi connectivity index (χ0v) is 15.5. The second-order valence-corrected chi connectivity index (χ2v) is 6.16. The van der Waals surface area contributed by atoms with E-state index in [1.165, 1.54) is 7.11 Å². The van der Waals surface area contributed by atoms with Gasteiger partial charge in [0.15, 0.2) is 11.5 Å². The molecular weight excluding hydrogens is 358 g/mol. The first-order chi connectivity index (χ1) is 13.5. The van der Waals surface area contributed by atoms with Crippen LogP contribution < -0.4 is 20.3 Å². The van der Waals surface area contributed by atoms with E-state index < -0.39 is 0 Å². The minimum Gasteiger partial charge on any atom is -0.493 e. The van der Waals surface area contributed by atoms with Crippen LogP contribution in [0.1, 0.15) is 17.5 Å². The molecule has 3 aromatic rings. The number of benzene rings is 2. The zero-order chi connectivity index (χ0) is 20.1. The molecule has 28 heavy (non-hydrogen) atoms. The molecule has 0 saturated heterocycles. The van der Waals surface area contributed by atoms with E-state index in [4.69, 9.17) is 14.7 Å². The van der Waals surface area contributed by atoms with Crippen LogP contribution in [0.15, 0.2) is 47.3 Å². The van der Waals surface area contributed by atoms with Crippen molar-refractivity contribution in [2.75, 3.05) is 19.5 Å². The SMILES string of the molecule is COc1cc2cc(CCC(=O)Nc3cccc(C#N)c3)c(=O)[nH]c2cc1OC. The standard InChI is InChI=1S/C21H19N3O4/c1-27-18-10-15-9-14(21(26)24-17(15)11-19(18)28-2)6-7-20(25)23-16-5-3-4-13(8-16)12-22/h3-5,8-11H,6-7H2,1-2H3,(H,23,25)(H,24,26). The van der Waals surface area contributed by atoms with E-state index in [0.29, 0.717) is 33.8 Å². The number of aromatic amines is 1. The van der Waals surface area contributed by atoms with Crippen LogP contribution in [0.5, 0.6) is 11.5 Å². The fourth-order valence-electron chi connectivity index (χ4n) is 2.90. The Bertz CT molecular complexity index is 1130. The van der Waals surface area contributed by atoms with Gasteiger partial charge in [0.05, 0.1) is 31.4 Å². The van der Waals surface area contributed by atoms with Gasteiger partial charge >= 0.3 is 0 Å². The van der Waals surface area contributed by atoms with Gasteiger partial charge in [0.2, 0.25) is 5.91 Å². The molecule has 2 N–H and O–H groups in total. The number of methoxy groups -OCH3 is 2. The first kappa shape index (κ1) is 19.0. The third kappa shape index (κ3) is 4.13. The first-order valence-electron chi connectivity index (χ1n) is 8.62. The van der Waals surface area contributed by atoms with Gasteiger partial charge in [0, 0.05) is 29.1 Å². The molecule has 0 radical (unpaired) electrons. The normalized spacial score (nSPS) is 10.3. The van der Waals surface area contributed by atoms with E-state index in [9.17, 15) is 9.59 Å². The number of carbonyl (C=O) groups excluding carboxylic acids is 1. The lowest BCUT2D eigenvalue weighted by atomic mass is 10.1. The maximum absolute atomic E-state index is 12.3. The summed E-state index contributed by atoms with van der Waals surface area (Å²) in [5.41, 5.74) is 1.89. The van der Waals surface area contributed by atoms with Gasteiger partial charge in [-0.15, -0.1) is 0 Å². The number of rotatable bonds is 6. The molecule has 2 aromatic carbocycles. The zero-order valence-electron chi connectivity index (χ0n) is 15.5. The number of ether oxygens (including phenoxy) is 2. The Morgan fingerprint density at radius 2 is 1.89 bits per heavy atom. The number of H-pyrrole nitrogens is 1. The van der Waals surface area contributed by atoms with Crippen molar-refractivity contribution in [3.63, 3.8) is 0 Å². The molecule has 0 aliphatic carbocycles. The van der Waals surface area contributed by atoms with Crippen molar-refractivity contribution in [3.8, 4) is 17.6 Å². The fraction of sp³-hybridized carbons (Fsp3) is 0.190. The molecule has 3 rings (SSSR count). The highest BCUT2D eigenvalue weighted by molar-refractivity contribution is 5.91. The summed E-state index contributed by atoms with van der Waals surface area (Å²) in [4.78, 5) is 27.4. The highest BCUT2D eigenvalue weighted by Gasteiger charge is 2.11. The number of anilines is 1. The molecule has 142 valence electrons. The summed E-state index contributed by atoms with van der Waals surface area (Å²) >= 11 is 0. The van der Waals surface area contributed by atoms with Crippen LogP contribution in [0.3, 0.4) is 0 Å². The molecule has 0 bridgehead atoms. The van der Waals surface area contributed by atoms with Gasteiger partial charge in [-0.1, -0.05) is 6.07 Å². The molecule has 0 unspecified atom stereocenters. The molecule has 7 nitrogen and oxygen atoms in total. The van der Waals surface area contributed by atoms with Crippen LogP contribution in [-0.4, -0.2) is 25.1 Å². The second kappa shape index (κ2) is 8.27. The largest absolute Gasteiger partial charge is 0.493 e. The quantitative estimate of drug-likeness (QED) is 0.687. The summed E-state index contributed by atoms with van der Waals surface area (Å²) in [6.07, 6.45) is 0.419. The number of aromatic nitrogens is 1. The monoisotopic (exact) mass is 377 g/mol. The van der Waals surface area contributed by atoms with Crippen molar-refractivity contribution in [2.24, 2.45) is 0 Å². The minimum absolute atomic E-state index is 0.138. The smallest absolute Gasteiger partial charge is 0.251 e. The number of carbonyl (C=O) groups is 1. The summed E-state index contributed by atoms with van der Waals surface area (Å²) in [5, 5.41) is 12.4. The van der Waals surface area contributed by atoms with Gasteiger partial charge < -0.3 is 19.8 Å². The Morgan fingerprint density at radius 1 is 1.14 bits per heavy atom. The number of pyridine rings is 1. The van der Waals surface area contributed by atoms with Gasteiger partial charge in [0.1, 0.15) is 0 Å². The van der Waals surface area contributed by atoms with Crippen molar-refractivity contribution >= 4 is 22.5 Å². The molecule has 1 heterocycles. The van der Waals surface area contributed by atoms with E-state index in [-0.39, 0.29) is 24.3 Å². The van der Waals surface area contributed by atoms with Crippen molar-refractivity contribution < 1.29 is 14.3 Å². The molecule has 0 spiro atoms. The molecule has 0 saturated carbocycles. The predicted molar refractivity (Wildman–Crippen MR) is 106 cm³/mol. The average molecular weight is 377 g/mol. The van der Waals surface area contributed by atoms with Gasteiger partial charge in [-0.2, -0.15) is 5.26 Å². The van der Waals surface area contributed by atoms with Gasteiger partial charge in [-0.05, 0) is 36.8 Å². The number of hydrogen-bond donors (Lipinski definition) is 2. The second-order valence-electron chi connectivity index (χ2n) is 6.16. The fourth-order valence-corrected chi connectivity index (χ4v) is 2.90. The number of aryl methyl sites for hydroxylation is 1. The number of amides is 1. The van der Waals surface area contributed by atoms with Crippen LogP contribution >= 0.6 is 0 Å². The van der Waals surface area contributed by atoms with Crippen LogP contribution in [0.2, 0.25) is 0 Å². The number of hydrogen-bond acceptors (Lipinski definition) is 5. The van der Waals surface area contributed by atoms with Crippen molar-refractivity contribution in [2.45, 2.75) is 12.8 Å². The summed E-state index contributed by atoms with van der Waals surface area (Å²) in [6, 6.07) is 13.9. The lowest BCUT2D eigenvalue weighted by Crippen LogP contribution is -2.17. The van der Waals surface area contributed by atoms with Crippen molar-refractivity contribution in [1.29, 1.82) is 5.26 Å². The Kier molecular flexibility index (Phi) is 5.61. The first-order valence-corrected chi connectivity index (χ1v) is 8.62. The number of fused-ring (bicyclic) bond motifs is 1. The third-order valence-electron chi connectivity index (χ3n) is 4.32. The highest BCUT2D eigenvalue weighted by Crippen LogP contribution is 2.31. The average Bonchev–Trinajstić information content (AvgIpc) is 2.71. The summed E-state index contributed by atoms with van der Waals surface area (Å²) in [7, 11) is 3.07. The van der Waals surface area contributed by atoms with E-state index in [2.05, 4.69) is 10.3 Å². The van der Waals surface area contributed by atoms with Crippen LogP contribution in [0, 0.1) is 11.3 Å². The number of nitrogens with zero attached hydrogens (tertiary/aromatic N) is 1. The summed E-state index contributed by atoms with van der Waals surface area (Å²) in [5.74, 6) is 0.849. The Balaban J connectivity index is 1.76. The van der Waals surface area contributed by atoms with Gasteiger partial charge in [-0.3, -0.25) is 9.59 Å². The van der Waals surface area contributed by atoms with Gasteiger partial charge in [-0.25, -0.2) is 0 Å². The predicted octanol–water partition coefficient (Wildman–Crippen LogP) is 2.99. The molecule has 0 fully saturated rings. The molecule has 0 aliphatic heterocycles. The van der Waals surface area contributed by atoms with Crippen molar-refractivity contribution in [3.05, 3.63) is 63.9 Å². The van der Waals surface area contributed by atoms with E-state index in [1.807, 2.05) is 6.07 Å². The third-order valence-corrected chi connectivity index (χ3v) is 4.32. The highest BCUT2D eigenvalue weighted by atomic mass is 16.5. The maximum Gasteiger partial charge on any atom is 0.251 e. The van der Waals surface area contributed by atoms with E-state index >= 15 is 0 Å². The molecule has 1 amide bonds. The Hall–Kier alpha value is -3.79. The molecule has 7 heteroatoms. The van der Waals surface area contributed by atoms with E-state index in [1.54, 1.807) is 49.6 Å². The lowest BCUT2D eigenvalue weighted by molar-refractivity contribution is -0.116. The molecule has 1 aromatic heterocycles. The maximum atomic E-state index is 12.3. The minimum atomic E-state index is -0.251. The van der Waals surface area contributed by atoms with Crippen molar-refractivity contribution in [1.82, 2.24) is 4.98 Å². The molecular formula is C21H19N3O4. The number of nitrogens with one attached hydrogen (secondary N) is 2. The molecule has 0 aliphatic rings.